The third-order valence-corrected chi connectivity index (χ3v) is 8.20. The zero-order chi connectivity index (χ0) is 34.9. The predicted octanol–water partition coefficient (Wildman–Crippen LogP) is 6.72. The second-order valence-electron chi connectivity index (χ2n) is 14.0. The second kappa shape index (κ2) is 13.6. The average Bonchev–Trinajstić information content (AvgIpc) is 3.42. The quantitative estimate of drug-likeness (QED) is 0.210. The van der Waals surface area contributed by atoms with Gasteiger partial charge in [-0.1, -0.05) is 17.4 Å². The number of amides is 3. The molecule has 1 aliphatic carbocycles. The molecule has 0 spiro atoms. The summed E-state index contributed by atoms with van der Waals surface area (Å²) in [5.41, 5.74) is -2.50. The van der Waals surface area contributed by atoms with Crippen LogP contribution in [0.4, 0.5) is 29.1 Å². The summed E-state index contributed by atoms with van der Waals surface area (Å²) in [5, 5.41) is 23.5. The van der Waals surface area contributed by atoms with E-state index in [9.17, 15) is 28.3 Å². The Labute approximate surface area is 276 Å². The van der Waals surface area contributed by atoms with Crippen LogP contribution in [0.25, 0.3) is 10.6 Å². The number of aryl methyl sites for hydroxylation is 1. The van der Waals surface area contributed by atoms with Crippen molar-refractivity contribution in [1.82, 2.24) is 20.1 Å². The number of ether oxygens (including phenoxy) is 2. The van der Waals surface area contributed by atoms with Crippen LogP contribution in [-0.4, -0.2) is 60.8 Å². The maximum atomic E-state index is 14.7. The fraction of sp³-hybridized carbons (Fsp3) is 0.531. The first kappa shape index (κ1) is 35.7. The van der Waals surface area contributed by atoms with Gasteiger partial charge >= 0.3 is 12.2 Å². The third-order valence-electron chi connectivity index (χ3n) is 7.21. The van der Waals surface area contributed by atoms with Crippen molar-refractivity contribution in [2.75, 3.05) is 10.6 Å². The Bertz CT molecular complexity index is 1620. The lowest BCUT2D eigenvalue weighted by Crippen LogP contribution is -2.42. The van der Waals surface area contributed by atoms with Gasteiger partial charge in [-0.05, 0) is 86.3 Å². The van der Waals surface area contributed by atoms with Crippen molar-refractivity contribution in [2.24, 2.45) is 7.05 Å². The standard InChI is InChI=1S/C32H42F2N6O6S/c1-30(2,3)45-28(42)36-18-13-12-17(14-32(7,44)15-18)24-21(16-35-40(24)8)37-25(41)23-27(39-29(43)46-31(4,5)6)47-26(38-23)22-19(33)10-9-11-20(22)34/h9-11,16-18,44H,12-15H2,1-8H3,(H,36,42)(H,37,41)(H,39,43). The second-order valence-corrected chi connectivity index (χ2v) is 15.0. The van der Waals surface area contributed by atoms with Crippen LogP contribution in [0, 0.1) is 11.6 Å². The number of anilines is 2. The van der Waals surface area contributed by atoms with Gasteiger partial charge in [0.2, 0.25) is 0 Å². The highest BCUT2D eigenvalue weighted by Crippen LogP contribution is 2.41. The summed E-state index contributed by atoms with van der Waals surface area (Å²) < 4.78 is 41.7. The van der Waals surface area contributed by atoms with Crippen molar-refractivity contribution in [3.8, 4) is 10.6 Å². The topological polar surface area (TPSA) is 157 Å². The number of carbonyl (C=O) groups excluding carboxylic acids is 3. The number of aromatic nitrogens is 3. The van der Waals surface area contributed by atoms with Crippen molar-refractivity contribution in [3.05, 3.63) is 47.4 Å². The Balaban J connectivity index is 1.62. The van der Waals surface area contributed by atoms with E-state index in [0.717, 1.165) is 23.5 Å². The number of hydrogen-bond acceptors (Lipinski definition) is 9. The molecule has 3 aromatic rings. The number of rotatable bonds is 6. The fourth-order valence-electron chi connectivity index (χ4n) is 5.56. The highest BCUT2D eigenvalue weighted by atomic mass is 32.1. The van der Waals surface area contributed by atoms with Gasteiger partial charge < -0.3 is 25.2 Å². The van der Waals surface area contributed by atoms with Gasteiger partial charge in [0.25, 0.3) is 5.91 Å². The molecule has 15 heteroatoms. The van der Waals surface area contributed by atoms with E-state index in [1.807, 2.05) is 0 Å². The van der Waals surface area contributed by atoms with Crippen molar-refractivity contribution >= 4 is 40.1 Å². The Morgan fingerprint density at radius 1 is 1.00 bits per heavy atom. The van der Waals surface area contributed by atoms with E-state index in [1.54, 1.807) is 60.2 Å². The van der Waals surface area contributed by atoms with Crippen molar-refractivity contribution in [1.29, 1.82) is 0 Å². The van der Waals surface area contributed by atoms with E-state index < -0.39 is 52.1 Å². The minimum atomic E-state index is -1.18. The first-order valence-corrected chi connectivity index (χ1v) is 16.0. The number of halogens is 2. The van der Waals surface area contributed by atoms with Crippen LogP contribution < -0.4 is 16.0 Å². The van der Waals surface area contributed by atoms with Crippen molar-refractivity contribution in [3.63, 3.8) is 0 Å². The summed E-state index contributed by atoms with van der Waals surface area (Å²) in [7, 11) is 1.71. The molecule has 0 saturated heterocycles. The number of carbonyl (C=O) groups is 3. The number of nitrogens with zero attached hydrogens (tertiary/aromatic N) is 3. The molecule has 1 aromatic carbocycles. The SMILES string of the molecule is Cn1ncc(NC(=O)c2nc(-c3c(F)cccc3F)sc2NC(=O)OC(C)(C)C)c1C1CCC(NC(=O)OC(C)(C)C)CC(C)(O)C1. The van der Waals surface area contributed by atoms with E-state index >= 15 is 0 Å². The number of alkyl carbamates (subject to hydrolysis) is 1. The number of nitrogens with one attached hydrogen (secondary N) is 3. The molecule has 1 aliphatic rings. The summed E-state index contributed by atoms with van der Waals surface area (Å²) in [5.74, 6) is -2.82. The monoisotopic (exact) mass is 676 g/mol. The summed E-state index contributed by atoms with van der Waals surface area (Å²) >= 11 is 0.720. The zero-order valence-corrected chi connectivity index (χ0v) is 28.6. The highest BCUT2D eigenvalue weighted by Gasteiger charge is 2.37. The van der Waals surface area contributed by atoms with E-state index in [4.69, 9.17) is 9.47 Å². The molecule has 0 aliphatic heterocycles. The number of hydrogen-bond donors (Lipinski definition) is 4. The van der Waals surface area contributed by atoms with Gasteiger partial charge in [0, 0.05) is 19.0 Å². The maximum absolute atomic E-state index is 14.7. The Morgan fingerprint density at radius 2 is 1.62 bits per heavy atom. The van der Waals surface area contributed by atoms with Crippen LogP contribution in [-0.2, 0) is 16.5 Å². The van der Waals surface area contributed by atoms with Gasteiger partial charge in [-0.15, -0.1) is 0 Å². The van der Waals surface area contributed by atoms with E-state index in [-0.39, 0.29) is 34.1 Å². The summed E-state index contributed by atoms with van der Waals surface area (Å²) in [6.45, 7) is 12.0. The van der Waals surface area contributed by atoms with Crippen LogP contribution in [0.5, 0.6) is 0 Å². The summed E-state index contributed by atoms with van der Waals surface area (Å²) in [4.78, 5) is 43.1. The largest absolute Gasteiger partial charge is 0.444 e. The fourth-order valence-corrected chi connectivity index (χ4v) is 6.55. The summed E-state index contributed by atoms with van der Waals surface area (Å²) in [6.07, 6.45) is 1.65. The van der Waals surface area contributed by atoms with Crippen LogP contribution in [0.1, 0.15) is 96.2 Å². The first-order valence-electron chi connectivity index (χ1n) is 15.2. The Kier molecular flexibility index (Phi) is 10.3. The molecule has 4 N–H and O–H groups in total. The molecule has 0 bridgehead atoms. The molecule has 47 heavy (non-hydrogen) atoms. The van der Waals surface area contributed by atoms with Crippen LogP contribution in [0.15, 0.2) is 24.4 Å². The molecule has 3 amide bonds. The van der Waals surface area contributed by atoms with E-state index in [0.29, 0.717) is 30.6 Å². The molecule has 2 heterocycles. The van der Waals surface area contributed by atoms with E-state index in [2.05, 4.69) is 26.0 Å². The molecular formula is C32H42F2N6O6S. The predicted molar refractivity (Wildman–Crippen MR) is 173 cm³/mol. The van der Waals surface area contributed by atoms with Gasteiger partial charge in [-0.2, -0.15) is 5.10 Å². The number of thiazole rings is 1. The Hall–Kier alpha value is -4.11. The molecule has 4 rings (SSSR count). The normalized spacial score (nSPS) is 20.2. The molecule has 1 fully saturated rings. The van der Waals surface area contributed by atoms with Gasteiger partial charge in [0.05, 0.1) is 28.7 Å². The molecule has 0 radical (unpaired) electrons. The van der Waals surface area contributed by atoms with Crippen molar-refractivity contribution in [2.45, 2.75) is 103 Å². The molecule has 1 saturated carbocycles. The molecular weight excluding hydrogens is 634 g/mol. The molecule has 2 aromatic heterocycles. The van der Waals surface area contributed by atoms with Crippen LogP contribution >= 0.6 is 11.3 Å². The minimum absolute atomic E-state index is 0.0756. The maximum Gasteiger partial charge on any atom is 0.412 e. The smallest absolute Gasteiger partial charge is 0.412 e. The lowest BCUT2D eigenvalue weighted by atomic mass is 9.88. The number of aliphatic hydroxyl groups is 1. The van der Waals surface area contributed by atoms with Crippen molar-refractivity contribution < 1.29 is 37.7 Å². The molecule has 256 valence electrons. The number of benzene rings is 1. The first-order chi connectivity index (χ1) is 21.7. The van der Waals surface area contributed by atoms with Gasteiger partial charge in [0.1, 0.15) is 32.8 Å². The van der Waals surface area contributed by atoms with Gasteiger partial charge in [-0.25, -0.2) is 23.4 Å². The van der Waals surface area contributed by atoms with Crippen LogP contribution in [0.3, 0.4) is 0 Å². The highest BCUT2D eigenvalue weighted by molar-refractivity contribution is 7.19. The third kappa shape index (κ3) is 9.47. The minimum Gasteiger partial charge on any atom is -0.444 e. The summed E-state index contributed by atoms with van der Waals surface area (Å²) in [6, 6.07) is 2.99. The van der Waals surface area contributed by atoms with Crippen LogP contribution in [0.2, 0.25) is 0 Å². The van der Waals surface area contributed by atoms with Gasteiger partial charge in [0.15, 0.2) is 5.69 Å². The molecule has 3 unspecified atom stereocenters. The van der Waals surface area contributed by atoms with E-state index in [1.165, 1.54) is 12.3 Å². The Morgan fingerprint density at radius 3 is 2.23 bits per heavy atom. The molecule has 12 nitrogen and oxygen atoms in total. The zero-order valence-electron chi connectivity index (χ0n) is 27.8. The average molecular weight is 677 g/mol. The lowest BCUT2D eigenvalue weighted by Gasteiger charge is -2.28. The molecule has 3 atom stereocenters. The lowest BCUT2D eigenvalue weighted by molar-refractivity contribution is 0.0265. The van der Waals surface area contributed by atoms with Gasteiger partial charge in [-0.3, -0.25) is 14.8 Å².